The van der Waals surface area contributed by atoms with Gasteiger partial charge < -0.3 is 15.0 Å². The van der Waals surface area contributed by atoms with Crippen LogP contribution in [0.3, 0.4) is 0 Å². The van der Waals surface area contributed by atoms with Gasteiger partial charge in [0.2, 0.25) is 0 Å². The number of carbonyl (C=O) groups excluding carboxylic acids is 1. The fourth-order valence-corrected chi connectivity index (χ4v) is 4.44. The van der Waals surface area contributed by atoms with Gasteiger partial charge in [-0.25, -0.2) is 0 Å². The summed E-state index contributed by atoms with van der Waals surface area (Å²) in [5.41, 5.74) is 4.22. The normalized spacial score (nSPS) is 17.5. The smallest absolute Gasteiger partial charge is 0.256 e. The van der Waals surface area contributed by atoms with E-state index in [4.69, 9.17) is 4.74 Å². The molecule has 1 amide bonds. The Hall–Kier alpha value is -2.17. The van der Waals surface area contributed by atoms with E-state index < -0.39 is 5.60 Å². The Labute approximate surface area is 181 Å². The highest BCUT2D eigenvalue weighted by atomic mass is 16.5. The number of rotatable bonds is 8. The number of methoxy groups -OCH3 is 1. The van der Waals surface area contributed by atoms with Crippen molar-refractivity contribution in [3.63, 3.8) is 0 Å². The Bertz CT molecular complexity index is 828. The number of benzene rings is 2. The largest absolute Gasteiger partial charge is 0.364 e. The lowest BCUT2D eigenvalue weighted by atomic mass is 9.86. The summed E-state index contributed by atoms with van der Waals surface area (Å²) in [6.07, 6.45) is 3.38. The van der Waals surface area contributed by atoms with Crippen LogP contribution in [-0.4, -0.2) is 44.1 Å². The van der Waals surface area contributed by atoms with E-state index in [9.17, 15) is 4.79 Å². The number of ether oxygens (including phenoxy) is 1. The number of carbonyl (C=O) groups is 1. The molecule has 1 atom stereocenters. The molecule has 0 saturated carbocycles. The van der Waals surface area contributed by atoms with Crippen LogP contribution in [0, 0.1) is 13.8 Å². The minimum absolute atomic E-state index is 0.0789. The van der Waals surface area contributed by atoms with Crippen LogP contribution in [0.4, 0.5) is 0 Å². The van der Waals surface area contributed by atoms with Gasteiger partial charge in [0.15, 0.2) is 5.60 Å². The first-order chi connectivity index (χ1) is 14.4. The Morgan fingerprint density at radius 3 is 2.50 bits per heavy atom. The molecule has 0 spiro atoms. The highest BCUT2D eigenvalue weighted by Crippen LogP contribution is 2.31. The van der Waals surface area contributed by atoms with Gasteiger partial charge in [-0.15, -0.1) is 0 Å². The SMILES string of the molecule is COC(C)(C(=O)NCCCN1CCC(c2cc(C)ccc2C)CC1)c1ccccc1. The van der Waals surface area contributed by atoms with Gasteiger partial charge in [0.05, 0.1) is 0 Å². The summed E-state index contributed by atoms with van der Waals surface area (Å²) in [7, 11) is 1.59. The van der Waals surface area contributed by atoms with Crippen molar-refractivity contribution in [3.8, 4) is 0 Å². The van der Waals surface area contributed by atoms with E-state index in [1.54, 1.807) is 7.11 Å². The number of nitrogens with one attached hydrogen (secondary N) is 1. The summed E-state index contributed by atoms with van der Waals surface area (Å²) in [6.45, 7) is 10.2. The maximum atomic E-state index is 12.8. The molecule has 1 saturated heterocycles. The lowest BCUT2D eigenvalue weighted by molar-refractivity contribution is -0.142. The molecular formula is C26H36N2O2. The summed E-state index contributed by atoms with van der Waals surface area (Å²) in [5, 5.41) is 3.07. The van der Waals surface area contributed by atoms with Crippen LogP contribution in [0.5, 0.6) is 0 Å². The predicted octanol–water partition coefficient (Wildman–Crippen LogP) is 4.55. The van der Waals surface area contributed by atoms with Gasteiger partial charge in [-0.05, 0) is 82.3 Å². The van der Waals surface area contributed by atoms with E-state index in [1.807, 2.05) is 37.3 Å². The van der Waals surface area contributed by atoms with Crippen molar-refractivity contribution in [2.45, 2.75) is 51.6 Å². The summed E-state index contributed by atoms with van der Waals surface area (Å²) in [4.78, 5) is 15.3. The molecule has 0 aromatic heterocycles. The zero-order valence-electron chi connectivity index (χ0n) is 18.9. The topological polar surface area (TPSA) is 41.6 Å². The van der Waals surface area contributed by atoms with Crippen LogP contribution in [0.15, 0.2) is 48.5 Å². The molecule has 2 aromatic rings. The fourth-order valence-electron chi connectivity index (χ4n) is 4.44. The third-order valence-electron chi connectivity index (χ3n) is 6.57. The van der Waals surface area contributed by atoms with Crippen LogP contribution in [-0.2, 0) is 15.1 Å². The average Bonchev–Trinajstić information content (AvgIpc) is 2.78. The zero-order chi connectivity index (χ0) is 21.6. The van der Waals surface area contributed by atoms with Crippen LogP contribution >= 0.6 is 0 Å². The molecule has 0 bridgehead atoms. The van der Waals surface area contributed by atoms with E-state index in [2.05, 4.69) is 42.3 Å². The van der Waals surface area contributed by atoms with E-state index in [-0.39, 0.29) is 5.91 Å². The molecule has 2 aromatic carbocycles. The highest BCUT2D eigenvalue weighted by molar-refractivity contribution is 5.86. The van der Waals surface area contributed by atoms with Gasteiger partial charge in [0, 0.05) is 13.7 Å². The molecule has 4 heteroatoms. The summed E-state index contributed by atoms with van der Waals surface area (Å²) >= 11 is 0. The quantitative estimate of drug-likeness (QED) is 0.652. The maximum Gasteiger partial charge on any atom is 0.256 e. The van der Waals surface area contributed by atoms with E-state index in [0.717, 1.165) is 31.6 Å². The number of piperidine rings is 1. The Morgan fingerprint density at radius 2 is 1.83 bits per heavy atom. The van der Waals surface area contributed by atoms with Gasteiger partial charge >= 0.3 is 0 Å². The molecule has 1 heterocycles. The first-order valence-electron chi connectivity index (χ1n) is 11.1. The van der Waals surface area contributed by atoms with Crippen molar-refractivity contribution in [3.05, 3.63) is 70.8 Å². The van der Waals surface area contributed by atoms with Gasteiger partial charge in [-0.3, -0.25) is 4.79 Å². The molecule has 1 fully saturated rings. The molecule has 0 radical (unpaired) electrons. The monoisotopic (exact) mass is 408 g/mol. The highest BCUT2D eigenvalue weighted by Gasteiger charge is 2.34. The second-order valence-corrected chi connectivity index (χ2v) is 8.69. The molecule has 3 rings (SSSR count). The van der Waals surface area contributed by atoms with Gasteiger partial charge in [0.25, 0.3) is 5.91 Å². The third kappa shape index (κ3) is 5.30. The molecule has 0 aliphatic carbocycles. The van der Waals surface area contributed by atoms with Crippen LogP contribution in [0.25, 0.3) is 0 Å². The number of amides is 1. The Morgan fingerprint density at radius 1 is 1.13 bits per heavy atom. The van der Waals surface area contributed by atoms with Crippen molar-refractivity contribution >= 4 is 5.91 Å². The van der Waals surface area contributed by atoms with Gasteiger partial charge in [-0.2, -0.15) is 0 Å². The molecule has 30 heavy (non-hydrogen) atoms. The number of hydrogen-bond acceptors (Lipinski definition) is 3. The van der Waals surface area contributed by atoms with Crippen molar-refractivity contribution in [1.82, 2.24) is 10.2 Å². The molecule has 1 unspecified atom stereocenters. The standard InChI is InChI=1S/C26H36N2O2/c1-20-11-12-21(2)24(19-20)22-13-17-28(18-14-22)16-8-15-27-25(29)26(3,30-4)23-9-6-5-7-10-23/h5-7,9-12,19,22H,8,13-18H2,1-4H3,(H,27,29). The number of aryl methyl sites for hydroxylation is 2. The number of nitrogens with zero attached hydrogens (tertiary/aromatic N) is 1. The van der Waals surface area contributed by atoms with Gasteiger partial charge in [0.1, 0.15) is 0 Å². The van der Waals surface area contributed by atoms with Crippen molar-refractivity contribution in [2.75, 3.05) is 33.3 Å². The van der Waals surface area contributed by atoms with Crippen molar-refractivity contribution in [2.24, 2.45) is 0 Å². The zero-order valence-corrected chi connectivity index (χ0v) is 18.9. The molecule has 1 aliphatic heterocycles. The first kappa shape index (κ1) is 22.5. The lowest BCUT2D eigenvalue weighted by Gasteiger charge is -2.33. The summed E-state index contributed by atoms with van der Waals surface area (Å²) < 4.78 is 5.58. The summed E-state index contributed by atoms with van der Waals surface area (Å²) in [6, 6.07) is 16.5. The Kier molecular flexibility index (Phi) is 7.68. The van der Waals surface area contributed by atoms with E-state index in [0.29, 0.717) is 12.5 Å². The number of hydrogen-bond donors (Lipinski definition) is 1. The van der Waals surface area contributed by atoms with Gasteiger partial charge in [-0.1, -0.05) is 54.1 Å². The van der Waals surface area contributed by atoms with Crippen LogP contribution in [0.2, 0.25) is 0 Å². The number of likely N-dealkylation sites (tertiary alicyclic amines) is 1. The predicted molar refractivity (Wildman–Crippen MR) is 123 cm³/mol. The minimum Gasteiger partial charge on any atom is -0.364 e. The van der Waals surface area contributed by atoms with E-state index >= 15 is 0 Å². The fraction of sp³-hybridized carbons (Fsp3) is 0.500. The molecule has 1 N–H and O–H groups in total. The van der Waals surface area contributed by atoms with Crippen molar-refractivity contribution in [1.29, 1.82) is 0 Å². The van der Waals surface area contributed by atoms with Crippen molar-refractivity contribution < 1.29 is 9.53 Å². The molecule has 162 valence electrons. The second-order valence-electron chi connectivity index (χ2n) is 8.69. The Balaban J connectivity index is 1.42. The third-order valence-corrected chi connectivity index (χ3v) is 6.57. The molecule has 1 aliphatic rings. The summed E-state index contributed by atoms with van der Waals surface area (Å²) in [5.74, 6) is 0.596. The average molecular weight is 409 g/mol. The first-order valence-corrected chi connectivity index (χ1v) is 11.1. The lowest BCUT2D eigenvalue weighted by Crippen LogP contribution is -2.44. The van der Waals surface area contributed by atoms with Crippen LogP contribution in [0.1, 0.15) is 54.4 Å². The minimum atomic E-state index is -0.953. The molecular weight excluding hydrogens is 372 g/mol. The molecule has 4 nitrogen and oxygen atoms in total. The maximum absolute atomic E-state index is 12.8. The second kappa shape index (κ2) is 10.2. The van der Waals surface area contributed by atoms with Crippen LogP contribution < -0.4 is 5.32 Å². The van der Waals surface area contributed by atoms with E-state index in [1.165, 1.54) is 29.5 Å².